The largest absolute Gasteiger partial charge is 0.497 e. The number of rotatable bonds is 5. The second kappa shape index (κ2) is 7.11. The molecule has 110 valence electrons. The highest BCUT2D eigenvalue weighted by molar-refractivity contribution is 6.59. The zero-order chi connectivity index (χ0) is 14.5. The van der Waals surface area contributed by atoms with Crippen LogP contribution in [0.15, 0.2) is 18.2 Å². The minimum atomic E-state index is -1.49. The first kappa shape index (κ1) is 15.4. The molecule has 0 aliphatic carbocycles. The van der Waals surface area contributed by atoms with Crippen molar-refractivity contribution in [2.45, 2.75) is 32.7 Å². The zero-order valence-electron chi connectivity index (χ0n) is 12.4. The second-order valence-electron chi connectivity index (χ2n) is 5.58. The van der Waals surface area contributed by atoms with Crippen LogP contribution in [0.3, 0.4) is 0 Å². The minimum absolute atomic E-state index is 0.438. The van der Waals surface area contributed by atoms with Crippen molar-refractivity contribution in [3.63, 3.8) is 0 Å². The van der Waals surface area contributed by atoms with E-state index in [0.29, 0.717) is 11.2 Å². The van der Waals surface area contributed by atoms with Gasteiger partial charge in [0.05, 0.1) is 7.11 Å². The Morgan fingerprint density at radius 1 is 1.30 bits per heavy atom. The van der Waals surface area contributed by atoms with Gasteiger partial charge in [0.15, 0.2) is 0 Å². The molecular weight excluding hydrogens is 253 g/mol. The van der Waals surface area contributed by atoms with E-state index in [9.17, 15) is 10.0 Å². The normalized spacial score (nSPS) is 17.2. The van der Waals surface area contributed by atoms with Crippen LogP contribution in [0, 0.1) is 5.92 Å². The molecule has 0 atom stereocenters. The van der Waals surface area contributed by atoms with Crippen LogP contribution < -0.4 is 10.2 Å². The highest BCUT2D eigenvalue weighted by atomic mass is 16.5. The molecule has 0 amide bonds. The Morgan fingerprint density at radius 2 is 2.00 bits per heavy atom. The molecule has 1 fully saturated rings. The molecule has 5 heteroatoms. The van der Waals surface area contributed by atoms with Crippen molar-refractivity contribution >= 4 is 12.6 Å². The second-order valence-corrected chi connectivity index (χ2v) is 5.58. The summed E-state index contributed by atoms with van der Waals surface area (Å²) in [5.74, 6) is 1.39. The first-order chi connectivity index (χ1) is 9.63. The third-order valence-corrected chi connectivity index (χ3v) is 4.26. The molecule has 1 aromatic rings. The highest BCUT2D eigenvalue weighted by Crippen LogP contribution is 2.21. The molecule has 0 radical (unpaired) electrons. The molecular formula is C15H24BNO3. The lowest BCUT2D eigenvalue weighted by Gasteiger charge is -2.31. The summed E-state index contributed by atoms with van der Waals surface area (Å²) in [6.07, 6.45) is 3.81. The monoisotopic (exact) mass is 277 g/mol. The Morgan fingerprint density at radius 3 is 2.55 bits per heavy atom. The Hall–Kier alpha value is -1.04. The highest BCUT2D eigenvalue weighted by Gasteiger charge is 2.20. The van der Waals surface area contributed by atoms with Gasteiger partial charge in [-0.25, -0.2) is 0 Å². The predicted octanol–water partition coefficient (Wildman–Crippen LogP) is 0.997. The number of ether oxygens (including phenoxy) is 1. The van der Waals surface area contributed by atoms with Gasteiger partial charge in [-0.2, -0.15) is 0 Å². The fourth-order valence-electron chi connectivity index (χ4n) is 2.89. The van der Waals surface area contributed by atoms with Gasteiger partial charge in [-0.3, -0.25) is 4.90 Å². The number of hydrogen-bond donors (Lipinski definition) is 2. The molecule has 1 saturated heterocycles. The maximum absolute atomic E-state index is 9.39. The van der Waals surface area contributed by atoms with Crippen LogP contribution in [-0.2, 0) is 6.54 Å². The van der Waals surface area contributed by atoms with Gasteiger partial charge in [-0.15, -0.1) is 0 Å². The van der Waals surface area contributed by atoms with Gasteiger partial charge >= 0.3 is 7.12 Å². The Kier molecular flexibility index (Phi) is 5.46. The van der Waals surface area contributed by atoms with Crippen molar-refractivity contribution in [3.8, 4) is 5.75 Å². The summed E-state index contributed by atoms with van der Waals surface area (Å²) in [5.41, 5.74) is 1.54. The molecule has 4 nitrogen and oxygen atoms in total. The van der Waals surface area contributed by atoms with Gasteiger partial charge in [0.2, 0.25) is 0 Å². The van der Waals surface area contributed by atoms with Crippen LogP contribution >= 0.6 is 0 Å². The number of methoxy groups -OCH3 is 1. The van der Waals surface area contributed by atoms with E-state index in [-0.39, 0.29) is 0 Å². The molecule has 1 aliphatic rings. The minimum Gasteiger partial charge on any atom is -0.497 e. The molecule has 0 saturated carbocycles. The third kappa shape index (κ3) is 3.75. The van der Waals surface area contributed by atoms with Gasteiger partial charge in [0.25, 0.3) is 0 Å². The maximum Gasteiger partial charge on any atom is 0.492 e. The van der Waals surface area contributed by atoms with Crippen LogP contribution in [0.2, 0.25) is 0 Å². The molecule has 1 heterocycles. The molecule has 2 rings (SSSR count). The molecule has 0 spiro atoms. The molecule has 20 heavy (non-hydrogen) atoms. The fraction of sp³-hybridized carbons (Fsp3) is 0.600. The fourth-order valence-corrected chi connectivity index (χ4v) is 2.89. The van der Waals surface area contributed by atoms with E-state index in [2.05, 4.69) is 11.8 Å². The number of benzene rings is 1. The van der Waals surface area contributed by atoms with E-state index in [1.165, 1.54) is 26.4 Å². The van der Waals surface area contributed by atoms with Crippen LogP contribution in [-0.4, -0.2) is 42.3 Å². The van der Waals surface area contributed by atoms with Gasteiger partial charge < -0.3 is 14.8 Å². The smallest absolute Gasteiger partial charge is 0.492 e. The van der Waals surface area contributed by atoms with E-state index >= 15 is 0 Å². The van der Waals surface area contributed by atoms with Gasteiger partial charge in [-0.1, -0.05) is 25.5 Å². The summed E-state index contributed by atoms with van der Waals surface area (Å²) in [6.45, 7) is 5.38. The topological polar surface area (TPSA) is 52.9 Å². The molecule has 0 unspecified atom stereocenters. The molecule has 0 bridgehead atoms. The van der Waals surface area contributed by atoms with E-state index in [1.54, 1.807) is 0 Å². The summed E-state index contributed by atoms with van der Waals surface area (Å²) in [5, 5.41) is 18.8. The molecule has 1 aliphatic heterocycles. The maximum atomic E-state index is 9.39. The zero-order valence-corrected chi connectivity index (χ0v) is 12.4. The lowest BCUT2D eigenvalue weighted by atomic mass is 9.78. The van der Waals surface area contributed by atoms with Crippen LogP contribution in [0.4, 0.5) is 0 Å². The van der Waals surface area contributed by atoms with Crippen LogP contribution in [0.1, 0.15) is 31.7 Å². The van der Waals surface area contributed by atoms with E-state index < -0.39 is 7.12 Å². The number of piperidine rings is 1. The van der Waals surface area contributed by atoms with Crippen molar-refractivity contribution in [3.05, 3.63) is 23.8 Å². The lowest BCUT2D eigenvalue weighted by molar-refractivity contribution is 0.175. The average Bonchev–Trinajstić information content (AvgIpc) is 2.48. The van der Waals surface area contributed by atoms with E-state index in [1.807, 2.05) is 18.2 Å². The molecule has 0 aromatic heterocycles. The summed E-state index contributed by atoms with van der Waals surface area (Å²) >= 11 is 0. The SMILES string of the molecule is CCC1CCN(Cc2ccc(OC)c(B(O)O)c2)CC1. The number of nitrogens with zero attached hydrogens (tertiary/aromatic N) is 1. The first-order valence-electron chi connectivity index (χ1n) is 7.39. The summed E-state index contributed by atoms with van der Waals surface area (Å²) < 4.78 is 5.15. The predicted molar refractivity (Wildman–Crippen MR) is 81.1 cm³/mol. The van der Waals surface area contributed by atoms with Crippen molar-refractivity contribution in [2.24, 2.45) is 5.92 Å². The van der Waals surface area contributed by atoms with E-state index in [0.717, 1.165) is 31.1 Å². The third-order valence-electron chi connectivity index (χ3n) is 4.26. The number of likely N-dealkylation sites (tertiary alicyclic amines) is 1. The lowest BCUT2D eigenvalue weighted by Crippen LogP contribution is -2.34. The summed E-state index contributed by atoms with van der Waals surface area (Å²) in [7, 11) is 0.0480. The Bertz CT molecular complexity index is 431. The van der Waals surface area contributed by atoms with Crippen LogP contribution in [0.5, 0.6) is 5.75 Å². The van der Waals surface area contributed by atoms with Gasteiger partial charge in [0.1, 0.15) is 5.75 Å². The van der Waals surface area contributed by atoms with Crippen molar-refractivity contribution in [1.82, 2.24) is 4.90 Å². The average molecular weight is 277 g/mol. The Balaban J connectivity index is 2.01. The Labute approximate surface area is 121 Å². The van der Waals surface area contributed by atoms with Gasteiger partial charge in [0, 0.05) is 12.0 Å². The molecule has 2 N–H and O–H groups in total. The summed E-state index contributed by atoms with van der Waals surface area (Å²) in [4.78, 5) is 2.43. The van der Waals surface area contributed by atoms with E-state index in [4.69, 9.17) is 4.74 Å². The van der Waals surface area contributed by atoms with Gasteiger partial charge in [-0.05, 0) is 43.5 Å². The van der Waals surface area contributed by atoms with Crippen molar-refractivity contribution in [2.75, 3.05) is 20.2 Å². The summed E-state index contributed by atoms with van der Waals surface area (Å²) in [6, 6.07) is 5.63. The number of hydrogen-bond acceptors (Lipinski definition) is 4. The van der Waals surface area contributed by atoms with Crippen LogP contribution in [0.25, 0.3) is 0 Å². The first-order valence-corrected chi connectivity index (χ1v) is 7.39. The quantitative estimate of drug-likeness (QED) is 0.788. The van der Waals surface area contributed by atoms with Crippen molar-refractivity contribution < 1.29 is 14.8 Å². The molecule has 1 aromatic carbocycles. The van der Waals surface area contributed by atoms with Crippen molar-refractivity contribution in [1.29, 1.82) is 0 Å². The standard InChI is InChI=1S/C15H24BNO3/c1-3-12-6-8-17(9-7-12)11-13-4-5-15(20-2)14(10-13)16(18)19/h4-5,10,12,18-19H,3,6-9,11H2,1-2H3.